The summed E-state index contributed by atoms with van der Waals surface area (Å²) < 4.78 is 2.29. The van der Waals surface area contributed by atoms with Crippen LogP contribution in [0.5, 0.6) is 0 Å². The van der Waals surface area contributed by atoms with Crippen LogP contribution in [0.15, 0.2) is 0 Å². The van der Waals surface area contributed by atoms with Gasteiger partial charge in [0.15, 0.2) is 0 Å². The average molecular weight is 169 g/mol. The van der Waals surface area contributed by atoms with Crippen LogP contribution in [0.4, 0.5) is 0 Å². The molecule has 0 aromatic rings. The number of nitrogens with zero attached hydrogens (tertiary/aromatic N) is 1. The van der Waals surface area contributed by atoms with Gasteiger partial charge in [-0.25, -0.2) is 0 Å². The summed E-state index contributed by atoms with van der Waals surface area (Å²) in [5.74, 6) is 0. The molecule has 0 fully saturated rings. The van der Waals surface area contributed by atoms with Gasteiger partial charge in [0, 0.05) is 0 Å². The van der Waals surface area contributed by atoms with Gasteiger partial charge in [0.1, 0.15) is 12.1 Å². The third kappa shape index (κ3) is 4.53. The van der Waals surface area contributed by atoms with E-state index in [-0.39, 0.29) is 5.41 Å². The smallest absolute Gasteiger partial charge is 0.115 e. The topological polar surface area (TPSA) is 3.01 Å². The molecule has 0 saturated heterocycles. The maximum Gasteiger partial charge on any atom is 0.115 e. The van der Waals surface area contributed by atoms with Gasteiger partial charge < -0.3 is 4.58 Å². The van der Waals surface area contributed by atoms with Crippen LogP contribution in [0.25, 0.3) is 0 Å². The molecule has 0 aliphatic carbocycles. The Balaban J connectivity index is 4.63. The summed E-state index contributed by atoms with van der Waals surface area (Å²) in [5, 5.41) is 0. The van der Waals surface area contributed by atoms with Crippen LogP contribution in [0.3, 0.4) is 0 Å². The second-order valence-corrected chi connectivity index (χ2v) is 4.96. The molecule has 72 valence electrons. The molecule has 0 saturated carbocycles. The van der Waals surface area contributed by atoms with Gasteiger partial charge in [-0.2, -0.15) is 6.21 Å². The van der Waals surface area contributed by atoms with E-state index < -0.39 is 0 Å². The molecule has 0 aromatic heterocycles. The first-order valence-corrected chi connectivity index (χ1v) is 4.80. The number of rotatable bonds is 2. The average Bonchev–Trinajstić information content (AvgIpc) is 1.79. The van der Waals surface area contributed by atoms with E-state index in [1.165, 1.54) is 0 Å². The molecule has 1 heteroatoms. The molecule has 0 radical (unpaired) electrons. The van der Waals surface area contributed by atoms with E-state index in [9.17, 15) is 0 Å². The van der Waals surface area contributed by atoms with Gasteiger partial charge in [-0.15, -0.1) is 5.41 Å². The lowest BCUT2D eigenvalue weighted by atomic mass is 9.98. The predicted molar refractivity (Wildman–Crippen MR) is 55.0 cm³/mol. The molecule has 1 nitrogen and oxygen atoms in total. The van der Waals surface area contributed by atoms with Crippen molar-refractivity contribution >= 4 is 6.21 Å². The molecule has 0 rings (SSSR count). The monoisotopic (exact) mass is 169 g/mol. The lowest BCUT2D eigenvalue weighted by Gasteiger charge is -2.29. The molecule has 0 aromatic carbocycles. The molecule has 0 aliphatic rings. The minimum absolute atomic E-state index is 0.161. The van der Waals surface area contributed by atoms with Crippen molar-refractivity contribution in [3.05, 3.63) is 0 Å². The van der Waals surface area contributed by atoms with Crippen LogP contribution in [0, 0.1) is 5.41 Å². The Morgan fingerprint density at radius 1 is 0.917 bits per heavy atom. The van der Waals surface area contributed by atoms with Crippen molar-refractivity contribution in [2.75, 3.05) is 0 Å². The zero-order chi connectivity index (χ0) is 9.94. The van der Waals surface area contributed by atoms with E-state index in [0.29, 0.717) is 12.1 Å². The second-order valence-electron chi connectivity index (χ2n) is 4.96. The summed E-state index contributed by atoms with van der Waals surface area (Å²) in [6.07, 6.45) is 3.49. The molecule has 0 heterocycles. The highest BCUT2D eigenvalue weighted by Gasteiger charge is 2.08. The van der Waals surface area contributed by atoms with E-state index in [2.05, 4.69) is 59.3 Å². The maximum absolute atomic E-state index is 3.49. The minimum Gasteiger partial charge on any atom is -0.408 e. The molecule has 0 bridgehead atoms. The SMILES string of the molecule is CC(C)[N+](=[C-]C(C)(C)C)C(C)C. The Bertz CT molecular complexity index is 148. The Labute approximate surface area is 77.5 Å². The van der Waals surface area contributed by atoms with Gasteiger partial charge in [-0.1, -0.05) is 20.8 Å². The van der Waals surface area contributed by atoms with Gasteiger partial charge in [-0.05, 0) is 27.7 Å². The summed E-state index contributed by atoms with van der Waals surface area (Å²) >= 11 is 0. The first kappa shape index (κ1) is 11.7. The largest absolute Gasteiger partial charge is 0.408 e. The molecule has 0 spiro atoms. The summed E-state index contributed by atoms with van der Waals surface area (Å²) in [4.78, 5) is 0. The Morgan fingerprint density at radius 3 is 1.33 bits per heavy atom. The van der Waals surface area contributed by atoms with Gasteiger partial charge in [-0.3, -0.25) is 0 Å². The molecule has 12 heavy (non-hydrogen) atoms. The third-order valence-electron chi connectivity index (χ3n) is 1.58. The molecular formula is C11H23N. The first-order chi connectivity index (χ1) is 5.24. The summed E-state index contributed by atoms with van der Waals surface area (Å²) in [5.41, 5.74) is 0.161. The summed E-state index contributed by atoms with van der Waals surface area (Å²) in [6.45, 7) is 15.4. The summed E-state index contributed by atoms with van der Waals surface area (Å²) in [6, 6.07) is 1.09. The fraction of sp³-hybridized carbons (Fsp3) is 0.909. The minimum atomic E-state index is 0.161. The van der Waals surface area contributed by atoms with Crippen LogP contribution >= 0.6 is 0 Å². The van der Waals surface area contributed by atoms with E-state index in [1.54, 1.807) is 0 Å². The Kier molecular flexibility index (Phi) is 3.95. The zero-order valence-electron chi connectivity index (χ0n) is 9.60. The fourth-order valence-electron chi connectivity index (χ4n) is 1.24. The molecule has 0 unspecified atom stereocenters. The predicted octanol–water partition coefficient (Wildman–Crippen LogP) is 2.81. The van der Waals surface area contributed by atoms with Gasteiger partial charge >= 0.3 is 0 Å². The highest BCUT2D eigenvalue weighted by molar-refractivity contribution is 5.58. The van der Waals surface area contributed by atoms with Crippen molar-refractivity contribution in [1.82, 2.24) is 0 Å². The third-order valence-corrected chi connectivity index (χ3v) is 1.58. The zero-order valence-corrected chi connectivity index (χ0v) is 9.60. The van der Waals surface area contributed by atoms with Gasteiger partial charge in [0.05, 0.1) is 0 Å². The number of hydrogen-bond donors (Lipinski definition) is 0. The number of hydrogen-bond acceptors (Lipinski definition) is 0. The van der Waals surface area contributed by atoms with E-state index in [4.69, 9.17) is 0 Å². The Morgan fingerprint density at radius 2 is 1.25 bits per heavy atom. The van der Waals surface area contributed by atoms with Crippen molar-refractivity contribution < 1.29 is 4.58 Å². The standard InChI is InChI=1S/C11H23N/c1-9(2)12(10(3)4)8-11(5,6)7/h9-10H,1-7H3. The lowest BCUT2D eigenvalue weighted by Crippen LogP contribution is -2.32. The van der Waals surface area contributed by atoms with Crippen LogP contribution < -0.4 is 0 Å². The molecule has 0 amide bonds. The van der Waals surface area contributed by atoms with Crippen LogP contribution in [-0.2, 0) is 0 Å². The quantitative estimate of drug-likeness (QED) is 0.340. The molecule has 0 atom stereocenters. The molecule has 0 N–H and O–H groups in total. The maximum atomic E-state index is 3.49. The van der Waals surface area contributed by atoms with Crippen molar-refractivity contribution in [2.24, 2.45) is 5.41 Å². The van der Waals surface area contributed by atoms with E-state index in [0.717, 1.165) is 0 Å². The van der Waals surface area contributed by atoms with Gasteiger partial charge in [0.2, 0.25) is 0 Å². The van der Waals surface area contributed by atoms with E-state index >= 15 is 0 Å². The van der Waals surface area contributed by atoms with Gasteiger partial charge in [0.25, 0.3) is 0 Å². The van der Waals surface area contributed by atoms with Crippen molar-refractivity contribution in [3.8, 4) is 0 Å². The van der Waals surface area contributed by atoms with E-state index in [1.807, 2.05) is 0 Å². The van der Waals surface area contributed by atoms with Crippen molar-refractivity contribution in [3.63, 3.8) is 0 Å². The van der Waals surface area contributed by atoms with Crippen molar-refractivity contribution in [1.29, 1.82) is 0 Å². The summed E-state index contributed by atoms with van der Waals surface area (Å²) in [7, 11) is 0. The first-order valence-electron chi connectivity index (χ1n) is 4.80. The van der Waals surface area contributed by atoms with Crippen LogP contribution in [-0.4, -0.2) is 22.9 Å². The van der Waals surface area contributed by atoms with Crippen LogP contribution in [0.1, 0.15) is 48.5 Å². The molecular weight excluding hydrogens is 146 g/mol. The second kappa shape index (κ2) is 4.06. The lowest BCUT2D eigenvalue weighted by molar-refractivity contribution is -0.586. The highest BCUT2D eigenvalue weighted by atomic mass is 15.0. The fourth-order valence-corrected chi connectivity index (χ4v) is 1.24. The van der Waals surface area contributed by atoms with Crippen LogP contribution in [0.2, 0.25) is 0 Å². The highest BCUT2D eigenvalue weighted by Crippen LogP contribution is 2.10. The normalized spacial score (nSPS) is 12.4. The molecule has 0 aliphatic heterocycles. The Hall–Kier alpha value is -0.330. The van der Waals surface area contributed by atoms with Crippen molar-refractivity contribution in [2.45, 2.75) is 60.5 Å².